The molecule has 0 spiro atoms. The molecule has 0 aliphatic carbocycles. The van der Waals surface area contributed by atoms with E-state index in [1.807, 2.05) is 36.4 Å². The van der Waals surface area contributed by atoms with Crippen molar-refractivity contribution in [1.82, 2.24) is 24.5 Å². The third-order valence-corrected chi connectivity index (χ3v) is 7.21. The molecular weight excluding hydrogens is 456 g/mol. The van der Waals surface area contributed by atoms with Gasteiger partial charge in [-0.2, -0.15) is 17.0 Å². The SMILES string of the molecule is CCCCSCSc1nc(-c2cnc(C(=O)OCC)nc2)cc(-c2cnc(C)n2C)c1C#N. The van der Waals surface area contributed by atoms with Gasteiger partial charge in [-0.3, -0.25) is 0 Å². The van der Waals surface area contributed by atoms with E-state index in [-0.39, 0.29) is 12.4 Å². The molecule has 0 unspecified atom stereocenters. The lowest BCUT2D eigenvalue weighted by atomic mass is 10.0. The van der Waals surface area contributed by atoms with Crippen LogP contribution in [-0.4, -0.2) is 47.9 Å². The number of thioether (sulfide) groups is 2. The highest BCUT2D eigenvalue weighted by molar-refractivity contribution is 8.15. The van der Waals surface area contributed by atoms with E-state index in [0.29, 0.717) is 21.8 Å². The summed E-state index contributed by atoms with van der Waals surface area (Å²) in [6, 6.07) is 4.20. The number of nitrogens with zero attached hydrogens (tertiary/aromatic N) is 6. The first-order valence-electron chi connectivity index (χ1n) is 10.6. The molecule has 0 aromatic carbocycles. The van der Waals surface area contributed by atoms with Gasteiger partial charge in [-0.25, -0.2) is 24.7 Å². The Morgan fingerprint density at radius 1 is 1.21 bits per heavy atom. The second kappa shape index (κ2) is 11.8. The van der Waals surface area contributed by atoms with Crippen LogP contribution >= 0.6 is 23.5 Å². The van der Waals surface area contributed by atoms with Crippen LogP contribution in [0.4, 0.5) is 0 Å². The lowest BCUT2D eigenvalue weighted by molar-refractivity contribution is 0.0512. The third kappa shape index (κ3) is 5.92. The number of carbonyl (C=O) groups excluding carboxylic acids is 1. The number of unbranched alkanes of at least 4 members (excludes halogenated alkanes) is 1. The summed E-state index contributed by atoms with van der Waals surface area (Å²) in [5, 5.41) is 11.4. The number of nitriles is 1. The molecule has 0 N–H and O–H groups in total. The third-order valence-electron chi connectivity index (χ3n) is 4.92. The van der Waals surface area contributed by atoms with Gasteiger partial charge in [0.15, 0.2) is 0 Å². The number of hydrogen-bond donors (Lipinski definition) is 0. The maximum Gasteiger partial charge on any atom is 0.376 e. The van der Waals surface area contributed by atoms with E-state index in [0.717, 1.165) is 40.8 Å². The molecule has 0 fully saturated rings. The number of hydrogen-bond acceptors (Lipinski definition) is 9. The molecule has 0 aliphatic heterocycles. The maximum atomic E-state index is 11.9. The van der Waals surface area contributed by atoms with Crippen molar-refractivity contribution < 1.29 is 9.53 Å². The Bertz CT molecular complexity index is 1150. The second-order valence-corrected chi connectivity index (χ2v) is 9.57. The number of aromatic nitrogens is 5. The number of aryl methyl sites for hydroxylation is 1. The van der Waals surface area contributed by atoms with Crippen LogP contribution in [0.25, 0.3) is 22.5 Å². The largest absolute Gasteiger partial charge is 0.460 e. The normalized spacial score (nSPS) is 10.8. The molecule has 0 saturated carbocycles. The van der Waals surface area contributed by atoms with Crippen molar-refractivity contribution in [3.63, 3.8) is 0 Å². The summed E-state index contributed by atoms with van der Waals surface area (Å²) in [5.41, 5.74) is 3.37. The van der Waals surface area contributed by atoms with Crippen LogP contribution in [0.1, 0.15) is 48.7 Å². The Labute approximate surface area is 202 Å². The monoisotopic (exact) mass is 482 g/mol. The van der Waals surface area contributed by atoms with Gasteiger partial charge in [0, 0.05) is 35.7 Å². The molecular formula is C23H26N6O2S2. The Kier molecular flexibility index (Phi) is 8.86. The van der Waals surface area contributed by atoms with Crippen LogP contribution in [0.15, 0.2) is 29.7 Å². The number of rotatable bonds is 10. The Morgan fingerprint density at radius 2 is 1.97 bits per heavy atom. The molecule has 0 amide bonds. The summed E-state index contributed by atoms with van der Waals surface area (Å²) < 4.78 is 6.91. The molecule has 0 radical (unpaired) electrons. The van der Waals surface area contributed by atoms with Gasteiger partial charge in [0.1, 0.15) is 16.9 Å². The first kappa shape index (κ1) is 24.7. The standard InChI is InChI=1S/C23H26N6O2S2/c1-5-7-8-32-14-33-22-18(10-24)17(20-13-25-15(3)29(20)4)9-19(28-22)16-11-26-21(27-12-16)23(30)31-6-2/h9,11-13H,5-8,14H2,1-4H3. The van der Waals surface area contributed by atoms with Gasteiger partial charge in [-0.15, -0.1) is 0 Å². The zero-order valence-corrected chi connectivity index (χ0v) is 20.8. The molecule has 8 nitrogen and oxygen atoms in total. The van der Waals surface area contributed by atoms with Crippen LogP contribution < -0.4 is 0 Å². The average Bonchev–Trinajstić information content (AvgIpc) is 3.16. The summed E-state index contributed by atoms with van der Waals surface area (Å²) in [7, 11) is 1.92. The van der Waals surface area contributed by atoms with Crippen molar-refractivity contribution in [2.75, 3.05) is 17.4 Å². The van der Waals surface area contributed by atoms with Crippen molar-refractivity contribution >= 4 is 29.5 Å². The van der Waals surface area contributed by atoms with E-state index in [1.54, 1.807) is 37.3 Å². The number of pyridine rings is 1. The molecule has 3 aromatic heterocycles. The first-order chi connectivity index (χ1) is 16.0. The molecule has 3 aromatic rings. The topological polar surface area (TPSA) is 107 Å². The predicted octanol–water partition coefficient (Wildman–Crippen LogP) is 4.88. The van der Waals surface area contributed by atoms with Crippen molar-refractivity contribution in [1.29, 1.82) is 5.26 Å². The number of carbonyl (C=O) groups is 1. The van der Waals surface area contributed by atoms with Gasteiger partial charge in [0.2, 0.25) is 5.82 Å². The fourth-order valence-corrected chi connectivity index (χ4v) is 5.21. The van der Waals surface area contributed by atoms with Crippen LogP contribution in [-0.2, 0) is 11.8 Å². The fourth-order valence-electron chi connectivity index (χ4n) is 3.00. The smallest absolute Gasteiger partial charge is 0.376 e. The molecule has 0 bridgehead atoms. The number of imidazole rings is 1. The lowest BCUT2D eigenvalue weighted by Crippen LogP contribution is -2.09. The van der Waals surface area contributed by atoms with Gasteiger partial charge >= 0.3 is 5.97 Å². The minimum atomic E-state index is -0.566. The van der Waals surface area contributed by atoms with Gasteiger partial charge in [0.05, 0.1) is 29.8 Å². The summed E-state index contributed by atoms with van der Waals surface area (Å²) in [5.74, 6) is 1.35. The average molecular weight is 483 g/mol. The van der Waals surface area contributed by atoms with E-state index in [1.165, 1.54) is 0 Å². The van der Waals surface area contributed by atoms with Gasteiger partial charge < -0.3 is 9.30 Å². The Morgan fingerprint density at radius 3 is 2.58 bits per heavy atom. The van der Waals surface area contributed by atoms with Crippen molar-refractivity contribution in [3.8, 4) is 28.6 Å². The van der Waals surface area contributed by atoms with E-state index in [4.69, 9.17) is 9.72 Å². The molecule has 0 atom stereocenters. The second-order valence-electron chi connectivity index (χ2n) is 7.14. The molecule has 10 heteroatoms. The highest BCUT2D eigenvalue weighted by atomic mass is 32.2. The molecule has 172 valence electrons. The molecule has 33 heavy (non-hydrogen) atoms. The lowest BCUT2D eigenvalue weighted by Gasteiger charge is -2.13. The quantitative estimate of drug-likeness (QED) is 0.173. The highest BCUT2D eigenvalue weighted by Crippen LogP contribution is 2.35. The number of esters is 1. The Hall–Kier alpha value is -2.90. The summed E-state index contributed by atoms with van der Waals surface area (Å²) in [4.78, 5) is 29.3. The Balaban J connectivity index is 2.03. The zero-order valence-electron chi connectivity index (χ0n) is 19.2. The van der Waals surface area contributed by atoms with Crippen molar-refractivity contribution in [2.24, 2.45) is 7.05 Å². The highest BCUT2D eigenvalue weighted by Gasteiger charge is 2.19. The summed E-state index contributed by atoms with van der Waals surface area (Å²) >= 11 is 3.38. The minimum absolute atomic E-state index is 0.00125. The van der Waals surface area contributed by atoms with Gasteiger partial charge in [0.25, 0.3) is 0 Å². The van der Waals surface area contributed by atoms with E-state index in [2.05, 4.69) is 27.9 Å². The van der Waals surface area contributed by atoms with Crippen LogP contribution in [0.3, 0.4) is 0 Å². The van der Waals surface area contributed by atoms with Crippen LogP contribution in [0.5, 0.6) is 0 Å². The van der Waals surface area contributed by atoms with E-state index in [9.17, 15) is 10.1 Å². The molecule has 3 heterocycles. The maximum absolute atomic E-state index is 11.9. The molecule has 0 aliphatic rings. The van der Waals surface area contributed by atoms with E-state index >= 15 is 0 Å². The minimum Gasteiger partial charge on any atom is -0.460 e. The fraction of sp³-hybridized carbons (Fsp3) is 0.391. The van der Waals surface area contributed by atoms with Crippen molar-refractivity contribution in [2.45, 2.75) is 38.6 Å². The molecule has 3 rings (SSSR count). The van der Waals surface area contributed by atoms with Crippen LogP contribution in [0.2, 0.25) is 0 Å². The molecule has 0 saturated heterocycles. The first-order valence-corrected chi connectivity index (χ1v) is 12.8. The number of ether oxygens (including phenoxy) is 1. The van der Waals surface area contributed by atoms with Crippen LogP contribution in [0, 0.1) is 18.3 Å². The van der Waals surface area contributed by atoms with Gasteiger partial charge in [-0.1, -0.05) is 25.1 Å². The van der Waals surface area contributed by atoms with Crippen molar-refractivity contribution in [3.05, 3.63) is 41.9 Å². The van der Waals surface area contributed by atoms with E-state index < -0.39 is 5.97 Å². The van der Waals surface area contributed by atoms with Gasteiger partial charge in [-0.05, 0) is 32.1 Å². The predicted molar refractivity (Wildman–Crippen MR) is 131 cm³/mol. The zero-order chi connectivity index (χ0) is 23.8. The summed E-state index contributed by atoms with van der Waals surface area (Å²) in [6.07, 6.45) is 7.18. The summed E-state index contributed by atoms with van der Waals surface area (Å²) in [6.45, 7) is 6.07.